The Labute approximate surface area is 156 Å². The summed E-state index contributed by atoms with van der Waals surface area (Å²) in [6.07, 6.45) is 6.06. The van der Waals surface area contributed by atoms with Gasteiger partial charge in [-0.15, -0.1) is 6.58 Å². The summed E-state index contributed by atoms with van der Waals surface area (Å²) < 4.78 is 24.9. The van der Waals surface area contributed by atoms with Crippen LogP contribution in [0.5, 0.6) is 0 Å². The molecule has 2 rings (SSSR count). The van der Waals surface area contributed by atoms with Crippen molar-refractivity contribution in [3.05, 3.63) is 42.5 Å². The molecule has 1 aromatic rings. The molecule has 0 unspecified atom stereocenters. The Morgan fingerprint density at radius 2 is 1.92 bits per heavy atom. The molecule has 1 heterocycles. The van der Waals surface area contributed by atoms with Gasteiger partial charge in [0, 0.05) is 12.1 Å². The fourth-order valence-electron chi connectivity index (χ4n) is 3.17. The number of carbonyl (C=O) groups is 1. The van der Waals surface area contributed by atoms with E-state index in [4.69, 9.17) is 0 Å². The van der Waals surface area contributed by atoms with Gasteiger partial charge in [0.2, 0.25) is 10.0 Å². The van der Waals surface area contributed by atoms with E-state index in [1.165, 1.54) is 23.2 Å². The molecule has 1 aliphatic heterocycles. The molecule has 0 aliphatic carbocycles. The average Bonchev–Trinajstić information content (AvgIpc) is 2.60. The van der Waals surface area contributed by atoms with Gasteiger partial charge in [-0.2, -0.15) is 0 Å². The van der Waals surface area contributed by atoms with Crippen molar-refractivity contribution in [2.24, 2.45) is 5.92 Å². The second kappa shape index (κ2) is 9.19. The van der Waals surface area contributed by atoms with Crippen molar-refractivity contribution in [1.29, 1.82) is 0 Å². The molecule has 1 aromatic carbocycles. The number of nitrogens with zero attached hydrogens (tertiary/aromatic N) is 2. The number of sulfonamides is 1. The third-order valence-corrected chi connectivity index (χ3v) is 5.95. The van der Waals surface area contributed by atoms with Crippen LogP contribution in [0.15, 0.2) is 36.9 Å². The summed E-state index contributed by atoms with van der Waals surface area (Å²) >= 11 is 0. The normalized spacial score (nSPS) is 16.2. The van der Waals surface area contributed by atoms with Crippen LogP contribution in [0, 0.1) is 5.92 Å². The number of likely N-dealkylation sites (tertiary alicyclic amines) is 1. The predicted molar refractivity (Wildman–Crippen MR) is 106 cm³/mol. The molecule has 6 nitrogen and oxygen atoms in total. The van der Waals surface area contributed by atoms with Crippen molar-refractivity contribution in [2.45, 2.75) is 19.3 Å². The Hall–Kier alpha value is -1.86. The van der Waals surface area contributed by atoms with Gasteiger partial charge in [-0.3, -0.25) is 9.10 Å². The highest BCUT2D eigenvalue weighted by molar-refractivity contribution is 7.92. The van der Waals surface area contributed by atoms with Crippen LogP contribution in [0.2, 0.25) is 0 Å². The molecule has 1 fully saturated rings. The smallest absolute Gasteiger partial charge is 0.251 e. The number of anilines is 1. The maximum absolute atomic E-state index is 12.3. The molecule has 0 radical (unpaired) electrons. The molecule has 0 saturated carbocycles. The van der Waals surface area contributed by atoms with Crippen molar-refractivity contribution in [3.8, 4) is 0 Å². The summed E-state index contributed by atoms with van der Waals surface area (Å²) in [5.74, 6) is 0.551. The Kier molecular flexibility index (Phi) is 7.23. The zero-order chi connectivity index (χ0) is 19.2. The highest BCUT2D eigenvalue weighted by atomic mass is 32.2. The van der Waals surface area contributed by atoms with Crippen LogP contribution in [-0.2, 0) is 10.0 Å². The van der Waals surface area contributed by atoms with Gasteiger partial charge in [0.25, 0.3) is 5.91 Å². The number of carbonyl (C=O) groups excluding carboxylic acids is 1. The van der Waals surface area contributed by atoms with Crippen LogP contribution in [0.1, 0.15) is 29.6 Å². The number of benzene rings is 1. The zero-order valence-electron chi connectivity index (χ0n) is 15.6. The van der Waals surface area contributed by atoms with E-state index in [0.29, 0.717) is 23.7 Å². The Morgan fingerprint density at radius 1 is 1.31 bits per heavy atom. The van der Waals surface area contributed by atoms with Gasteiger partial charge < -0.3 is 10.2 Å². The maximum atomic E-state index is 12.3. The third kappa shape index (κ3) is 5.85. The Morgan fingerprint density at radius 3 is 2.46 bits per heavy atom. The van der Waals surface area contributed by atoms with Crippen molar-refractivity contribution in [1.82, 2.24) is 10.2 Å². The minimum absolute atomic E-state index is 0.126. The maximum Gasteiger partial charge on any atom is 0.251 e. The first kappa shape index (κ1) is 20.5. The van der Waals surface area contributed by atoms with Gasteiger partial charge in [-0.05, 0) is 69.6 Å². The molecule has 0 aromatic heterocycles. The number of hydrogen-bond acceptors (Lipinski definition) is 4. The molecule has 0 atom stereocenters. The van der Waals surface area contributed by atoms with Gasteiger partial charge in [-0.1, -0.05) is 6.08 Å². The van der Waals surface area contributed by atoms with E-state index in [9.17, 15) is 13.2 Å². The molecule has 1 aliphatic rings. The van der Waals surface area contributed by atoms with E-state index >= 15 is 0 Å². The van der Waals surface area contributed by atoms with Gasteiger partial charge in [0.05, 0.1) is 18.5 Å². The summed E-state index contributed by atoms with van der Waals surface area (Å²) in [6, 6.07) is 6.61. The van der Waals surface area contributed by atoms with E-state index in [-0.39, 0.29) is 12.5 Å². The molecule has 1 amide bonds. The van der Waals surface area contributed by atoms with E-state index < -0.39 is 10.0 Å². The van der Waals surface area contributed by atoms with E-state index in [1.54, 1.807) is 24.3 Å². The topological polar surface area (TPSA) is 69.7 Å². The monoisotopic (exact) mass is 379 g/mol. The highest BCUT2D eigenvalue weighted by Gasteiger charge is 2.18. The molecular weight excluding hydrogens is 350 g/mol. The average molecular weight is 380 g/mol. The van der Waals surface area contributed by atoms with Crippen molar-refractivity contribution in [3.63, 3.8) is 0 Å². The first-order valence-corrected chi connectivity index (χ1v) is 10.8. The standard InChI is InChI=1S/C19H29N3O3S/c1-4-13-22(26(3,24)25)18-7-5-17(6-8-18)19(23)20-12-9-16-10-14-21(2)15-11-16/h4-8,16H,1,9-15H2,2-3H3,(H,20,23). The zero-order valence-corrected chi connectivity index (χ0v) is 16.5. The molecule has 7 heteroatoms. The number of amides is 1. The lowest BCUT2D eigenvalue weighted by atomic mass is 9.94. The lowest BCUT2D eigenvalue weighted by Gasteiger charge is -2.28. The highest BCUT2D eigenvalue weighted by Crippen LogP contribution is 2.20. The fraction of sp³-hybridized carbons (Fsp3) is 0.526. The quantitative estimate of drug-likeness (QED) is 0.702. The molecule has 26 heavy (non-hydrogen) atoms. The molecule has 144 valence electrons. The van der Waals surface area contributed by atoms with Crippen LogP contribution >= 0.6 is 0 Å². The number of rotatable bonds is 8. The minimum atomic E-state index is -3.39. The van der Waals surface area contributed by atoms with Crippen molar-refractivity contribution < 1.29 is 13.2 Å². The van der Waals surface area contributed by atoms with E-state index in [1.807, 2.05) is 0 Å². The third-order valence-electron chi connectivity index (χ3n) is 4.79. The number of hydrogen-bond donors (Lipinski definition) is 1. The second-order valence-electron chi connectivity index (χ2n) is 6.92. The first-order valence-electron chi connectivity index (χ1n) is 8.96. The lowest BCUT2D eigenvalue weighted by molar-refractivity contribution is 0.0949. The summed E-state index contributed by atoms with van der Waals surface area (Å²) in [6.45, 7) is 6.70. The fourth-order valence-corrected chi connectivity index (χ4v) is 4.05. The summed E-state index contributed by atoms with van der Waals surface area (Å²) in [5, 5.41) is 2.96. The molecule has 0 bridgehead atoms. The van der Waals surface area contributed by atoms with Gasteiger partial charge in [0.15, 0.2) is 0 Å². The second-order valence-corrected chi connectivity index (χ2v) is 8.83. The predicted octanol–water partition coefficient (Wildman–Crippen LogP) is 2.10. The molecule has 1 N–H and O–H groups in total. The Bertz CT molecular complexity index is 708. The SMILES string of the molecule is C=CCN(c1ccc(C(=O)NCCC2CCN(C)CC2)cc1)S(C)(=O)=O. The van der Waals surface area contributed by atoms with Gasteiger partial charge in [0.1, 0.15) is 0 Å². The van der Waals surface area contributed by atoms with E-state index in [0.717, 1.165) is 25.8 Å². The van der Waals surface area contributed by atoms with E-state index in [2.05, 4.69) is 23.8 Å². The van der Waals surface area contributed by atoms with Crippen LogP contribution in [0.3, 0.4) is 0 Å². The van der Waals surface area contributed by atoms with Crippen molar-refractivity contribution in [2.75, 3.05) is 43.8 Å². The Balaban J connectivity index is 1.88. The van der Waals surface area contributed by atoms with Crippen molar-refractivity contribution >= 4 is 21.6 Å². The van der Waals surface area contributed by atoms with Crippen LogP contribution in [0.4, 0.5) is 5.69 Å². The van der Waals surface area contributed by atoms with Crippen LogP contribution in [-0.4, -0.2) is 58.7 Å². The minimum Gasteiger partial charge on any atom is -0.352 e. The molecule has 0 spiro atoms. The van der Waals surface area contributed by atoms with Crippen LogP contribution < -0.4 is 9.62 Å². The van der Waals surface area contributed by atoms with Crippen LogP contribution in [0.25, 0.3) is 0 Å². The van der Waals surface area contributed by atoms with Gasteiger partial charge in [-0.25, -0.2) is 8.42 Å². The first-order chi connectivity index (χ1) is 12.3. The largest absolute Gasteiger partial charge is 0.352 e. The number of piperidine rings is 1. The van der Waals surface area contributed by atoms with Gasteiger partial charge >= 0.3 is 0 Å². The summed E-state index contributed by atoms with van der Waals surface area (Å²) in [5.41, 5.74) is 1.06. The molecular formula is C19H29N3O3S. The molecule has 1 saturated heterocycles. The number of nitrogens with one attached hydrogen (secondary N) is 1. The summed E-state index contributed by atoms with van der Waals surface area (Å²) in [4.78, 5) is 14.6. The lowest BCUT2D eigenvalue weighted by Crippen LogP contribution is -2.32. The summed E-state index contributed by atoms with van der Waals surface area (Å²) in [7, 11) is -1.25.